The number of carbonyl (C=O) groups excluding carboxylic acids is 1. The van der Waals surface area contributed by atoms with Crippen molar-refractivity contribution >= 4 is 35.0 Å². The molecule has 0 radical (unpaired) electrons. The summed E-state index contributed by atoms with van der Waals surface area (Å²) >= 11 is 3.30. The maximum absolute atomic E-state index is 12.7. The number of aliphatic carboxylic acids is 1. The highest BCUT2D eigenvalue weighted by Gasteiger charge is 2.40. The van der Waals surface area contributed by atoms with Crippen LogP contribution in [0.4, 0.5) is 0 Å². The van der Waals surface area contributed by atoms with Crippen LogP contribution in [0.25, 0.3) is 0 Å². The largest absolute Gasteiger partial charge is 0.481 e. The minimum absolute atomic E-state index is 0.119. The van der Waals surface area contributed by atoms with E-state index >= 15 is 0 Å². The summed E-state index contributed by atoms with van der Waals surface area (Å²) in [5.41, 5.74) is -0.353. The fraction of sp³-hybridized carbons (Fsp3) is 0.368. The standard InChI is InChI=1S/C19H21NO4S2/c21-17(20-13-19(18(22)23)7-9-24-10-8-19)15-5-1-2-6-16(15)26-12-14-4-3-11-25-14/h1-6,11H,7-10,12-13H2,(H,20,21)(H,22,23). The Labute approximate surface area is 160 Å². The van der Waals surface area contributed by atoms with E-state index < -0.39 is 11.4 Å². The van der Waals surface area contributed by atoms with Gasteiger partial charge in [0.25, 0.3) is 5.91 Å². The summed E-state index contributed by atoms with van der Waals surface area (Å²) in [5, 5.41) is 14.5. The van der Waals surface area contributed by atoms with Crippen molar-refractivity contribution in [3.05, 3.63) is 52.2 Å². The molecule has 1 aliphatic heterocycles. The molecule has 138 valence electrons. The average Bonchev–Trinajstić information content (AvgIpc) is 3.19. The molecule has 2 N–H and O–H groups in total. The summed E-state index contributed by atoms with van der Waals surface area (Å²) in [5.74, 6) is -0.300. The molecule has 7 heteroatoms. The summed E-state index contributed by atoms with van der Waals surface area (Å²) in [6.07, 6.45) is 0.828. The summed E-state index contributed by atoms with van der Waals surface area (Å²) in [6, 6.07) is 11.5. The lowest BCUT2D eigenvalue weighted by Crippen LogP contribution is -2.46. The predicted octanol–water partition coefficient (Wildman–Crippen LogP) is 3.65. The van der Waals surface area contributed by atoms with Gasteiger partial charge in [0.1, 0.15) is 0 Å². The third kappa shape index (κ3) is 4.47. The Bertz CT molecular complexity index is 755. The highest BCUT2D eigenvalue weighted by molar-refractivity contribution is 7.98. The number of hydrogen-bond acceptors (Lipinski definition) is 5. The van der Waals surface area contributed by atoms with Crippen LogP contribution < -0.4 is 5.32 Å². The molecule has 26 heavy (non-hydrogen) atoms. The van der Waals surface area contributed by atoms with Crippen LogP contribution in [0, 0.1) is 5.41 Å². The van der Waals surface area contributed by atoms with E-state index in [-0.39, 0.29) is 12.5 Å². The molecular weight excluding hydrogens is 370 g/mol. The van der Waals surface area contributed by atoms with Crippen LogP contribution in [-0.2, 0) is 15.3 Å². The number of amides is 1. The molecule has 0 saturated carbocycles. The molecule has 0 aliphatic carbocycles. The van der Waals surface area contributed by atoms with Crippen LogP contribution in [0.3, 0.4) is 0 Å². The Hall–Kier alpha value is -1.83. The fourth-order valence-corrected chi connectivity index (χ4v) is 4.72. The number of carboxylic acids is 1. The van der Waals surface area contributed by atoms with E-state index in [4.69, 9.17) is 4.74 Å². The Morgan fingerprint density at radius 3 is 2.65 bits per heavy atom. The third-order valence-corrected chi connectivity index (χ3v) is 6.75. The molecule has 2 aromatic rings. The van der Waals surface area contributed by atoms with Crippen LogP contribution in [-0.4, -0.2) is 36.7 Å². The zero-order valence-electron chi connectivity index (χ0n) is 14.3. The van der Waals surface area contributed by atoms with E-state index in [9.17, 15) is 14.7 Å². The minimum atomic E-state index is -0.938. The molecule has 1 aromatic heterocycles. The van der Waals surface area contributed by atoms with Crippen molar-refractivity contribution in [3.63, 3.8) is 0 Å². The summed E-state index contributed by atoms with van der Waals surface area (Å²) in [7, 11) is 0. The summed E-state index contributed by atoms with van der Waals surface area (Å²) in [4.78, 5) is 26.6. The molecule has 1 aliphatic rings. The summed E-state index contributed by atoms with van der Waals surface area (Å²) in [6.45, 7) is 0.944. The van der Waals surface area contributed by atoms with E-state index in [1.807, 2.05) is 29.6 Å². The molecule has 1 amide bonds. The first kappa shape index (κ1) is 18.9. The Morgan fingerprint density at radius 2 is 1.96 bits per heavy atom. The Balaban J connectivity index is 1.66. The molecule has 0 unspecified atom stereocenters. The number of carbonyl (C=O) groups is 2. The first-order valence-electron chi connectivity index (χ1n) is 8.44. The van der Waals surface area contributed by atoms with Gasteiger partial charge < -0.3 is 15.2 Å². The lowest BCUT2D eigenvalue weighted by Gasteiger charge is -2.33. The van der Waals surface area contributed by atoms with E-state index in [1.165, 1.54) is 4.88 Å². The Morgan fingerprint density at radius 1 is 1.19 bits per heavy atom. The molecular formula is C19H21NO4S2. The van der Waals surface area contributed by atoms with Gasteiger partial charge in [0, 0.05) is 35.3 Å². The first-order valence-corrected chi connectivity index (χ1v) is 10.3. The number of thioether (sulfide) groups is 1. The highest BCUT2D eigenvalue weighted by Crippen LogP contribution is 2.31. The molecule has 1 saturated heterocycles. The number of thiophene rings is 1. The van der Waals surface area contributed by atoms with Crippen molar-refractivity contribution < 1.29 is 19.4 Å². The minimum Gasteiger partial charge on any atom is -0.481 e. The number of rotatable bonds is 7. The number of nitrogens with one attached hydrogen (secondary N) is 1. The fourth-order valence-electron chi connectivity index (χ4n) is 2.90. The zero-order chi connectivity index (χ0) is 18.4. The van der Waals surface area contributed by atoms with Crippen molar-refractivity contribution in [2.75, 3.05) is 19.8 Å². The molecule has 0 spiro atoms. The second-order valence-corrected chi connectivity index (χ2v) is 8.29. The van der Waals surface area contributed by atoms with Gasteiger partial charge in [-0.15, -0.1) is 23.1 Å². The van der Waals surface area contributed by atoms with Gasteiger partial charge in [0.05, 0.1) is 11.0 Å². The van der Waals surface area contributed by atoms with Crippen molar-refractivity contribution in [2.24, 2.45) is 5.41 Å². The van der Waals surface area contributed by atoms with Crippen molar-refractivity contribution in [1.29, 1.82) is 0 Å². The predicted molar refractivity (Wildman–Crippen MR) is 103 cm³/mol. The highest BCUT2D eigenvalue weighted by atomic mass is 32.2. The van der Waals surface area contributed by atoms with E-state index in [0.717, 1.165) is 10.6 Å². The van der Waals surface area contributed by atoms with Gasteiger partial charge >= 0.3 is 5.97 Å². The van der Waals surface area contributed by atoms with Gasteiger partial charge in [-0.1, -0.05) is 18.2 Å². The number of benzene rings is 1. The molecule has 1 fully saturated rings. The Kier molecular flexibility index (Phi) is 6.34. The van der Waals surface area contributed by atoms with Crippen LogP contribution in [0.15, 0.2) is 46.7 Å². The van der Waals surface area contributed by atoms with Gasteiger partial charge in [-0.05, 0) is 36.4 Å². The van der Waals surface area contributed by atoms with Crippen LogP contribution in [0.5, 0.6) is 0 Å². The van der Waals surface area contributed by atoms with Gasteiger partial charge in [0.2, 0.25) is 0 Å². The zero-order valence-corrected chi connectivity index (χ0v) is 15.9. The molecule has 3 rings (SSSR count). The molecule has 2 heterocycles. The van der Waals surface area contributed by atoms with Gasteiger partial charge in [0.15, 0.2) is 0 Å². The van der Waals surface area contributed by atoms with Crippen molar-refractivity contribution in [1.82, 2.24) is 5.32 Å². The second-order valence-electron chi connectivity index (χ2n) is 6.24. The summed E-state index contributed by atoms with van der Waals surface area (Å²) < 4.78 is 5.27. The van der Waals surface area contributed by atoms with Crippen LogP contribution in [0.2, 0.25) is 0 Å². The first-order chi connectivity index (χ1) is 12.6. The van der Waals surface area contributed by atoms with Gasteiger partial charge in [-0.3, -0.25) is 9.59 Å². The topological polar surface area (TPSA) is 75.6 Å². The third-order valence-electron chi connectivity index (χ3n) is 4.57. The van der Waals surface area contributed by atoms with Crippen molar-refractivity contribution in [2.45, 2.75) is 23.5 Å². The van der Waals surface area contributed by atoms with Gasteiger partial charge in [-0.25, -0.2) is 0 Å². The number of carboxylic acid groups (broad SMARTS) is 1. The van der Waals surface area contributed by atoms with E-state index in [2.05, 4.69) is 11.4 Å². The quantitative estimate of drug-likeness (QED) is 0.705. The monoisotopic (exact) mass is 391 g/mol. The molecule has 0 bridgehead atoms. The maximum atomic E-state index is 12.7. The van der Waals surface area contributed by atoms with Gasteiger partial charge in [-0.2, -0.15) is 0 Å². The van der Waals surface area contributed by atoms with E-state index in [0.29, 0.717) is 31.6 Å². The average molecular weight is 392 g/mol. The van der Waals surface area contributed by atoms with Crippen molar-refractivity contribution in [3.8, 4) is 0 Å². The number of ether oxygens (including phenoxy) is 1. The molecule has 1 aromatic carbocycles. The molecule has 5 nitrogen and oxygen atoms in total. The van der Waals surface area contributed by atoms with Crippen LogP contribution >= 0.6 is 23.1 Å². The smallest absolute Gasteiger partial charge is 0.311 e. The van der Waals surface area contributed by atoms with E-state index in [1.54, 1.807) is 29.2 Å². The van der Waals surface area contributed by atoms with Crippen LogP contribution in [0.1, 0.15) is 28.1 Å². The lowest BCUT2D eigenvalue weighted by atomic mass is 9.80. The normalized spacial score (nSPS) is 16.2. The lowest BCUT2D eigenvalue weighted by molar-refractivity contribution is -0.154. The maximum Gasteiger partial charge on any atom is 0.311 e. The molecule has 0 atom stereocenters. The second kappa shape index (κ2) is 8.70. The number of hydrogen-bond donors (Lipinski definition) is 2. The SMILES string of the molecule is O=C(NCC1(C(=O)O)CCOCC1)c1ccccc1SCc1cccs1.